The van der Waals surface area contributed by atoms with E-state index in [1.165, 1.54) is 16.3 Å². The molecule has 0 saturated carbocycles. The minimum Gasteiger partial charge on any atom is -0.326 e. The van der Waals surface area contributed by atoms with Crippen molar-refractivity contribution in [2.75, 3.05) is 0 Å². The lowest BCUT2D eigenvalue weighted by molar-refractivity contribution is 0.729. The fourth-order valence-electron chi connectivity index (χ4n) is 2.20. The zero-order valence-corrected chi connectivity index (χ0v) is 13.7. The van der Waals surface area contributed by atoms with Gasteiger partial charge in [-0.25, -0.2) is 0 Å². The van der Waals surface area contributed by atoms with Gasteiger partial charge in [0, 0.05) is 6.54 Å². The average molecular weight is 261 g/mol. The molecule has 0 atom stereocenters. The predicted octanol–water partition coefficient (Wildman–Crippen LogP) is 3.89. The molecular formula is C16H27NSi. The van der Waals surface area contributed by atoms with Gasteiger partial charge in [-0.15, -0.1) is 0 Å². The first kappa shape index (κ1) is 15.2. The molecule has 18 heavy (non-hydrogen) atoms. The van der Waals surface area contributed by atoms with E-state index >= 15 is 0 Å². The van der Waals surface area contributed by atoms with E-state index in [0.29, 0.717) is 11.6 Å². The first-order chi connectivity index (χ1) is 8.13. The van der Waals surface area contributed by atoms with Gasteiger partial charge in [-0.2, -0.15) is 0 Å². The van der Waals surface area contributed by atoms with Crippen LogP contribution >= 0.6 is 0 Å². The summed E-state index contributed by atoms with van der Waals surface area (Å²) in [5, 5.41) is 1.81. The second-order valence-corrected chi connectivity index (χ2v) is 12.0. The second kappa shape index (κ2) is 5.02. The molecule has 0 aliphatic rings. The fraction of sp³-hybridized carbons (Fsp3) is 0.500. The van der Waals surface area contributed by atoms with Crippen LogP contribution in [0.1, 0.15) is 38.8 Å². The van der Waals surface area contributed by atoms with Crippen molar-refractivity contribution in [3.8, 4) is 0 Å². The Hall–Kier alpha value is -0.863. The van der Waals surface area contributed by atoms with Crippen molar-refractivity contribution in [2.24, 2.45) is 5.73 Å². The average Bonchev–Trinajstić information content (AvgIpc) is 2.26. The van der Waals surface area contributed by atoms with Gasteiger partial charge in [-0.05, 0) is 23.1 Å². The second-order valence-electron chi connectivity index (χ2n) is 6.70. The standard InChI is InChI=1S/C16H27NSi/c1-12(2)15-13(11-17)9-8-10-14(15)18(6,7)16(3,4)5/h8-10H,1,11,17H2,2-7H3. The first-order valence-corrected chi connectivity index (χ1v) is 9.61. The Morgan fingerprint density at radius 1 is 1.28 bits per heavy atom. The number of benzene rings is 1. The zero-order valence-electron chi connectivity index (χ0n) is 12.7. The van der Waals surface area contributed by atoms with Crippen molar-refractivity contribution in [3.05, 3.63) is 35.9 Å². The van der Waals surface area contributed by atoms with E-state index < -0.39 is 8.07 Å². The maximum Gasteiger partial charge on any atom is 0.0867 e. The van der Waals surface area contributed by atoms with Gasteiger partial charge in [-0.3, -0.25) is 0 Å². The van der Waals surface area contributed by atoms with Crippen molar-refractivity contribution in [1.82, 2.24) is 0 Å². The van der Waals surface area contributed by atoms with E-state index in [1.807, 2.05) is 0 Å². The van der Waals surface area contributed by atoms with Crippen LogP contribution in [0.4, 0.5) is 0 Å². The van der Waals surface area contributed by atoms with Crippen LogP contribution in [0, 0.1) is 0 Å². The Morgan fingerprint density at radius 2 is 1.83 bits per heavy atom. The lowest BCUT2D eigenvalue weighted by Crippen LogP contribution is -2.51. The quantitative estimate of drug-likeness (QED) is 0.821. The van der Waals surface area contributed by atoms with Gasteiger partial charge in [0.1, 0.15) is 0 Å². The summed E-state index contributed by atoms with van der Waals surface area (Å²) in [5.41, 5.74) is 9.56. The molecule has 1 aromatic rings. The lowest BCUT2D eigenvalue weighted by atomic mass is 10.0. The highest BCUT2D eigenvalue weighted by Crippen LogP contribution is 2.37. The van der Waals surface area contributed by atoms with E-state index in [9.17, 15) is 0 Å². The Bertz CT molecular complexity index is 453. The molecule has 0 amide bonds. The summed E-state index contributed by atoms with van der Waals surface area (Å²) < 4.78 is 0. The normalized spacial score (nSPS) is 12.6. The summed E-state index contributed by atoms with van der Waals surface area (Å²) in [6, 6.07) is 6.55. The molecule has 0 unspecified atom stereocenters. The summed E-state index contributed by atoms with van der Waals surface area (Å²) in [5.74, 6) is 0. The minimum absolute atomic E-state index is 0.324. The SMILES string of the molecule is C=C(C)c1c(CN)cccc1[Si](C)(C)C(C)(C)C. The van der Waals surface area contributed by atoms with E-state index in [2.05, 4.69) is 65.6 Å². The molecule has 1 nitrogen and oxygen atoms in total. The van der Waals surface area contributed by atoms with E-state index in [1.54, 1.807) is 0 Å². The molecule has 0 saturated heterocycles. The van der Waals surface area contributed by atoms with Gasteiger partial charge in [0.15, 0.2) is 0 Å². The molecule has 0 radical (unpaired) electrons. The summed E-state index contributed by atoms with van der Waals surface area (Å²) in [4.78, 5) is 0. The van der Waals surface area contributed by atoms with Gasteiger partial charge < -0.3 is 5.73 Å². The van der Waals surface area contributed by atoms with Gasteiger partial charge in [0.05, 0.1) is 8.07 Å². The smallest absolute Gasteiger partial charge is 0.0867 e. The van der Waals surface area contributed by atoms with Crippen molar-refractivity contribution in [1.29, 1.82) is 0 Å². The number of rotatable bonds is 3. The van der Waals surface area contributed by atoms with Crippen molar-refractivity contribution < 1.29 is 0 Å². The molecule has 1 aromatic carbocycles. The molecule has 0 spiro atoms. The number of allylic oxidation sites excluding steroid dienone is 1. The molecule has 2 N–H and O–H groups in total. The maximum absolute atomic E-state index is 5.88. The van der Waals surface area contributed by atoms with Gasteiger partial charge in [0.25, 0.3) is 0 Å². The summed E-state index contributed by atoms with van der Waals surface area (Å²) in [7, 11) is -1.55. The lowest BCUT2D eigenvalue weighted by Gasteiger charge is -2.39. The molecule has 100 valence electrons. The Morgan fingerprint density at radius 3 is 2.22 bits per heavy atom. The van der Waals surface area contributed by atoms with Crippen LogP contribution in [-0.2, 0) is 6.54 Å². The van der Waals surface area contributed by atoms with Gasteiger partial charge in [0.2, 0.25) is 0 Å². The van der Waals surface area contributed by atoms with E-state index in [0.717, 1.165) is 5.57 Å². The minimum atomic E-state index is -1.55. The monoisotopic (exact) mass is 261 g/mol. The maximum atomic E-state index is 5.88. The molecule has 0 aliphatic carbocycles. The first-order valence-electron chi connectivity index (χ1n) is 6.61. The molecular weight excluding hydrogens is 234 g/mol. The molecule has 0 bridgehead atoms. The van der Waals surface area contributed by atoms with Crippen molar-refractivity contribution in [2.45, 2.75) is 52.4 Å². The predicted molar refractivity (Wildman–Crippen MR) is 85.9 cm³/mol. The number of hydrogen-bond donors (Lipinski definition) is 1. The number of hydrogen-bond acceptors (Lipinski definition) is 1. The molecule has 0 heterocycles. The van der Waals surface area contributed by atoms with Crippen LogP contribution in [-0.4, -0.2) is 8.07 Å². The highest BCUT2D eigenvalue weighted by molar-refractivity contribution is 6.92. The molecule has 0 fully saturated rings. The van der Waals surface area contributed by atoms with E-state index in [-0.39, 0.29) is 0 Å². The van der Waals surface area contributed by atoms with Crippen molar-refractivity contribution >= 4 is 18.8 Å². The summed E-state index contributed by atoms with van der Waals surface area (Å²) in [6.45, 7) is 18.7. The molecule has 0 aliphatic heterocycles. The highest BCUT2D eigenvalue weighted by Gasteiger charge is 2.38. The molecule has 1 rings (SSSR count). The fourth-order valence-corrected chi connectivity index (χ4v) is 4.52. The van der Waals surface area contributed by atoms with Gasteiger partial charge >= 0.3 is 0 Å². The number of nitrogens with two attached hydrogens (primary N) is 1. The van der Waals surface area contributed by atoms with Crippen LogP contribution < -0.4 is 10.9 Å². The Labute approximate surface area is 113 Å². The Kier molecular flexibility index (Phi) is 4.24. The summed E-state index contributed by atoms with van der Waals surface area (Å²) in [6.07, 6.45) is 0. The Balaban J connectivity index is 3.56. The van der Waals surface area contributed by atoms with Crippen LogP contribution in [0.5, 0.6) is 0 Å². The highest BCUT2D eigenvalue weighted by atomic mass is 28.3. The van der Waals surface area contributed by atoms with Crippen LogP contribution in [0.15, 0.2) is 24.8 Å². The molecule has 0 aromatic heterocycles. The van der Waals surface area contributed by atoms with Gasteiger partial charge in [-0.1, -0.05) is 69.4 Å². The van der Waals surface area contributed by atoms with Crippen molar-refractivity contribution in [3.63, 3.8) is 0 Å². The topological polar surface area (TPSA) is 26.0 Å². The largest absolute Gasteiger partial charge is 0.326 e. The summed E-state index contributed by atoms with van der Waals surface area (Å²) >= 11 is 0. The van der Waals surface area contributed by atoms with E-state index in [4.69, 9.17) is 5.73 Å². The third-order valence-electron chi connectivity index (χ3n) is 4.35. The molecule has 2 heteroatoms. The van der Waals surface area contributed by atoms with Crippen LogP contribution in [0.2, 0.25) is 18.1 Å². The van der Waals surface area contributed by atoms with Crippen LogP contribution in [0.25, 0.3) is 5.57 Å². The third-order valence-corrected chi connectivity index (χ3v) is 9.86. The zero-order chi connectivity index (χ0) is 14.1. The third kappa shape index (κ3) is 2.60. The van der Waals surface area contributed by atoms with Crippen LogP contribution in [0.3, 0.4) is 0 Å².